The van der Waals surface area contributed by atoms with Crippen molar-refractivity contribution in [3.05, 3.63) is 40.2 Å². The van der Waals surface area contributed by atoms with Crippen molar-refractivity contribution in [2.45, 2.75) is 0 Å². The summed E-state index contributed by atoms with van der Waals surface area (Å²) in [5, 5.41) is 0. The highest BCUT2D eigenvalue weighted by Gasteiger charge is 1.88. The van der Waals surface area contributed by atoms with E-state index in [-0.39, 0.29) is 0 Å². The summed E-state index contributed by atoms with van der Waals surface area (Å²) in [7, 11) is 0. The molecule has 0 aromatic heterocycles. The molecule has 0 aliphatic rings. The lowest BCUT2D eigenvalue weighted by molar-refractivity contribution is 0.480. The Kier molecular flexibility index (Phi) is 4.53. The molecular formula is C9H9IOS. The Morgan fingerprint density at radius 1 is 1.33 bits per heavy atom. The first-order valence-corrected chi connectivity index (χ1v) is 5.22. The highest BCUT2D eigenvalue weighted by atomic mass is 127. The summed E-state index contributed by atoms with van der Waals surface area (Å²) in [5.41, 5.74) is 0. The van der Waals surface area contributed by atoms with Crippen LogP contribution in [0, 0.1) is 3.57 Å². The Morgan fingerprint density at radius 2 is 2.00 bits per heavy atom. The van der Waals surface area contributed by atoms with E-state index < -0.39 is 0 Å². The molecule has 0 spiro atoms. The van der Waals surface area contributed by atoms with E-state index in [1.54, 1.807) is 6.26 Å². The zero-order valence-corrected chi connectivity index (χ0v) is 9.46. The third-order valence-electron chi connectivity index (χ3n) is 1.22. The van der Waals surface area contributed by atoms with Gasteiger partial charge >= 0.3 is 0 Å². The van der Waals surface area contributed by atoms with Gasteiger partial charge in [0.2, 0.25) is 0 Å². The summed E-state index contributed by atoms with van der Waals surface area (Å²) < 4.78 is 6.48. The Balaban J connectivity index is 2.53. The number of halogens is 1. The van der Waals surface area contributed by atoms with Crippen LogP contribution in [0.3, 0.4) is 0 Å². The van der Waals surface area contributed by atoms with Gasteiger partial charge in [-0.25, -0.2) is 0 Å². The van der Waals surface area contributed by atoms with Crippen molar-refractivity contribution in [3.63, 3.8) is 0 Å². The highest BCUT2D eigenvalue weighted by molar-refractivity contribution is 14.1. The minimum atomic E-state index is 0.699. The van der Waals surface area contributed by atoms with Crippen molar-refractivity contribution < 1.29 is 4.74 Å². The summed E-state index contributed by atoms with van der Waals surface area (Å²) in [6.07, 6.45) is 3.50. The number of benzene rings is 1. The average Bonchev–Trinajstić information content (AvgIpc) is 2.09. The quantitative estimate of drug-likeness (QED) is 0.511. The average molecular weight is 292 g/mol. The number of ether oxygens (including phenoxy) is 1. The van der Waals surface area contributed by atoms with E-state index in [4.69, 9.17) is 4.74 Å². The molecule has 12 heavy (non-hydrogen) atoms. The van der Waals surface area contributed by atoms with E-state index >= 15 is 0 Å². The van der Waals surface area contributed by atoms with Gasteiger partial charge in [0.15, 0.2) is 0 Å². The van der Waals surface area contributed by atoms with Gasteiger partial charge in [-0.2, -0.15) is 12.6 Å². The van der Waals surface area contributed by atoms with Gasteiger partial charge in [-0.15, -0.1) is 0 Å². The van der Waals surface area contributed by atoms with E-state index in [2.05, 4.69) is 35.2 Å². The van der Waals surface area contributed by atoms with Crippen LogP contribution in [0.2, 0.25) is 0 Å². The number of hydrogen-bond donors (Lipinski definition) is 1. The molecule has 0 atom stereocenters. The number of rotatable bonds is 3. The molecular weight excluding hydrogens is 283 g/mol. The molecule has 0 unspecified atom stereocenters. The zero-order chi connectivity index (χ0) is 8.81. The van der Waals surface area contributed by atoms with Gasteiger partial charge in [0, 0.05) is 9.32 Å². The van der Waals surface area contributed by atoms with Gasteiger partial charge in [0.25, 0.3) is 0 Å². The fourth-order valence-corrected chi connectivity index (χ4v) is 1.13. The van der Waals surface area contributed by atoms with Crippen LogP contribution in [0.15, 0.2) is 36.6 Å². The van der Waals surface area contributed by atoms with Crippen molar-refractivity contribution in [3.8, 4) is 5.75 Å². The van der Waals surface area contributed by atoms with Crippen molar-refractivity contribution >= 4 is 35.2 Å². The minimum Gasteiger partial charge on any atom is -0.465 e. The molecule has 0 amide bonds. The van der Waals surface area contributed by atoms with Crippen LogP contribution in [0.5, 0.6) is 5.75 Å². The monoisotopic (exact) mass is 292 g/mol. The first-order chi connectivity index (χ1) is 5.83. The molecule has 0 N–H and O–H groups in total. The predicted octanol–water partition coefficient (Wildman–Crippen LogP) is 3.11. The fourth-order valence-electron chi connectivity index (χ4n) is 0.683. The maximum Gasteiger partial charge on any atom is 0.126 e. The van der Waals surface area contributed by atoms with Crippen LogP contribution in [-0.4, -0.2) is 5.75 Å². The van der Waals surface area contributed by atoms with E-state index in [1.807, 2.05) is 30.3 Å². The normalized spacial score (nSPS) is 10.5. The molecule has 1 nitrogen and oxygen atoms in total. The largest absolute Gasteiger partial charge is 0.465 e. The van der Waals surface area contributed by atoms with Crippen molar-refractivity contribution in [1.82, 2.24) is 0 Å². The predicted molar refractivity (Wildman–Crippen MR) is 62.8 cm³/mol. The van der Waals surface area contributed by atoms with Crippen LogP contribution in [0.4, 0.5) is 0 Å². The second kappa shape index (κ2) is 5.48. The Bertz CT molecular complexity index is 256. The lowest BCUT2D eigenvalue weighted by atomic mass is 10.3. The lowest BCUT2D eigenvalue weighted by Crippen LogP contribution is -1.81. The SMILES string of the molecule is SC/C=C/Oc1ccc(I)cc1. The van der Waals surface area contributed by atoms with Crippen molar-refractivity contribution in [2.24, 2.45) is 0 Å². The standard InChI is InChI=1S/C9H9IOS/c10-8-2-4-9(5-3-8)11-6-1-7-12/h1-6,12H,7H2/b6-1+. The van der Waals surface area contributed by atoms with Crippen molar-refractivity contribution in [1.29, 1.82) is 0 Å². The second-order valence-corrected chi connectivity index (χ2v) is 3.74. The summed E-state index contributed by atoms with van der Waals surface area (Å²) in [6, 6.07) is 7.88. The summed E-state index contributed by atoms with van der Waals surface area (Å²) in [4.78, 5) is 0. The molecule has 0 aliphatic carbocycles. The summed E-state index contributed by atoms with van der Waals surface area (Å²) >= 11 is 6.27. The smallest absolute Gasteiger partial charge is 0.126 e. The molecule has 1 rings (SSSR count). The maximum atomic E-state index is 5.27. The molecule has 1 aromatic rings. The van der Waals surface area contributed by atoms with E-state index in [9.17, 15) is 0 Å². The number of hydrogen-bond acceptors (Lipinski definition) is 2. The second-order valence-electron chi connectivity index (χ2n) is 2.13. The van der Waals surface area contributed by atoms with Gasteiger partial charge in [-0.05, 0) is 52.9 Å². The maximum absolute atomic E-state index is 5.27. The van der Waals surface area contributed by atoms with Crippen LogP contribution >= 0.6 is 35.2 Å². The van der Waals surface area contributed by atoms with E-state index in [0.717, 1.165) is 5.75 Å². The molecule has 0 saturated carbocycles. The molecule has 1 aromatic carbocycles. The third kappa shape index (κ3) is 3.49. The lowest BCUT2D eigenvalue weighted by Gasteiger charge is -1.98. The Labute approximate surface area is 91.4 Å². The molecule has 3 heteroatoms. The molecule has 0 radical (unpaired) electrons. The van der Waals surface area contributed by atoms with Crippen LogP contribution in [0.25, 0.3) is 0 Å². The van der Waals surface area contributed by atoms with Crippen LogP contribution in [0.1, 0.15) is 0 Å². The minimum absolute atomic E-state index is 0.699. The van der Waals surface area contributed by atoms with Gasteiger partial charge in [0.1, 0.15) is 5.75 Å². The van der Waals surface area contributed by atoms with Gasteiger partial charge in [0.05, 0.1) is 6.26 Å². The Morgan fingerprint density at radius 3 is 2.58 bits per heavy atom. The van der Waals surface area contributed by atoms with Gasteiger partial charge in [-0.1, -0.05) is 0 Å². The molecule has 0 saturated heterocycles. The molecule has 0 fully saturated rings. The van der Waals surface area contributed by atoms with Crippen LogP contribution in [-0.2, 0) is 0 Å². The Hall–Kier alpha value is -0.160. The molecule has 0 bridgehead atoms. The van der Waals surface area contributed by atoms with Gasteiger partial charge in [-0.3, -0.25) is 0 Å². The summed E-state index contributed by atoms with van der Waals surface area (Å²) in [6.45, 7) is 0. The first-order valence-electron chi connectivity index (χ1n) is 3.51. The highest BCUT2D eigenvalue weighted by Crippen LogP contribution is 2.13. The summed E-state index contributed by atoms with van der Waals surface area (Å²) in [5.74, 6) is 1.55. The zero-order valence-electron chi connectivity index (χ0n) is 6.40. The third-order valence-corrected chi connectivity index (χ3v) is 2.15. The van der Waals surface area contributed by atoms with Gasteiger partial charge < -0.3 is 4.74 Å². The molecule has 64 valence electrons. The van der Waals surface area contributed by atoms with E-state index in [1.165, 1.54) is 3.57 Å². The molecule has 0 heterocycles. The topological polar surface area (TPSA) is 9.23 Å². The van der Waals surface area contributed by atoms with Crippen molar-refractivity contribution in [2.75, 3.05) is 5.75 Å². The first kappa shape index (κ1) is 9.92. The van der Waals surface area contributed by atoms with E-state index in [0.29, 0.717) is 5.75 Å². The number of thiol groups is 1. The molecule has 0 aliphatic heterocycles. The van der Waals surface area contributed by atoms with Crippen LogP contribution < -0.4 is 4.74 Å². The fraction of sp³-hybridized carbons (Fsp3) is 0.111.